The Morgan fingerprint density at radius 1 is 1.28 bits per heavy atom. The number of amides is 2. The zero-order valence-electron chi connectivity index (χ0n) is 18.5. The number of nitrogens with one attached hydrogen (secondary N) is 1. The zero-order chi connectivity index (χ0) is 23.6. The summed E-state index contributed by atoms with van der Waals surface area (Å²) in [5.74, 6) is -0.268. The summed E-state index contributed by atoms with van der Waals surface area (Å²) < 4.78 is 0. The second-order valence-electron chi connectivity index (χ2n) is 8.20. The van der Waals surface area contributed by atoms with Crippen LogP contribution >= 0.6 is 0 Å². The van der Waals surface area contributed by atoms with Crippen molar-refractivity contribution in [3.63, 3.8) is 0 Å². The molecule has 168 valence electrons. The Morgan fingerprint density at radius 2 is 1.94 bits per heavy atom. The summed E-state index contributed by atoms with van der Waals surface area (Å²) in [5.41, 5.74) is 3.31. The number of carbonyl (C=O) groups excluding carboxylic acids is 2. The lowest BCUT2D eigenvalue weighted by Crippen LogP contribution is -2.24. The highest BCUT2D eigenvalue weighted by molar-refractivity contribution is 6.07. The summed E-state index contributed by atoms with van der Waals surface area (Å²) in [6, 6.07) is 8.95. The lowest BCUT2D eigenvalue weighted by molar-refractivity contribution is -0.384. The van der Waals surface area contributed by atoms with E-state index in [1.807, 2.05) is 13.8 Å². The number of phenolic OH excluding ortho intramolecular Hbond substituents is 1. The molecule has 0 saturated heterocycles. The van der Waals surface area contributed by atoms with E-state index in [2.05, 4.69) is 10.4 Å². The van der Waals surface area contributed by atoms with Crippen LogP contribution in [0.1, 0.15) is 62.3 Å². The number of nitro groups is 1. The molecule has 9 heteroatoms. The number of nitrogens with zero attached hydrogens (tertiary/aromatic N) is 3. The SMILES string of the molecule is CC(=O)N1N=C(CC(=O)Nc2cc(C(C)C)c(O)cc2C)CC1c1ccc([N+](=O)[O-])cc1. The molecular formula is C23H26N4O5. The Hall–Kier alpha value is -3.75. The van der Waals surface area contributed by atoms with E-state index in [4.69, 9.17) is 0 Å². The molecule has 1 heterocycles. The maximum Gasteiger partial charge on any atom is 0.269 e. The molecule has 0 fully saturated rings. The standard InChI is InChI=1S/C23H26N4O5/c1-13(2)19-12-20(14(3)9-22(19)29)24-23(30)11-17-10-21(26(25-17)15(4)28)16-5-7-18(8-6-16)27(31)32/h5-9,12-13,21,29H,10-11H2,1-4H3,(H,24,30). The van der Waals surface area contributed by atoms with Gasteiger partial charge in [0.25, 0.3) is 5.69 Å². The number of nitro benzene ring substituents is 1. The molecule has 0 bridgehead atoms. The van der Waals surface area contributed by atoms with Gasteiger partial charge in [-0.05, 0) is 41.7 Å². The minimum atomic E-state index is -0.483. The number of hydrazone groups is 1. The number of aryl methyl sites for hydroxylation is 1. The first kappa shape index (κ1) is 22.9. The van der Waals surface area contributed by atoms with Gasteiger partial charge in [0.15, 0.2) is 0 Å². The number of phenols is 1. The van der Waals surface area contributed by atoms with Gasteiger partial charge in [-0.3, -0.25) is 19.7 Å². The van der Waals surface area contributed by atoms with Gasteiger partial charge in [0.2, 0.25) is 11.8 Å². The third kappa shape index (κ3) is 4.93. The third-order valence-corrected chi connectivity index (χ3v) is 5.42. The quantitative estimate of drug-likeness (QED) is 0.393. The van der Waals surface area contributed by atoms with Crippen LogP contribution in [0.4, 0.5) is 11.4 Å². The van der Waals surface area contributed by atoms with E-state index >= 15 is 0 Å². The number of carbonyl (C=O) groups is 2. The molecule has 0 radical (unpaired) electrons. The monoisotopic (exact) mass is 438 g/mol. The molecule has 0 aromatic heterocycles. The smallest absolute Gasteiger partial charge is 0.269 e. The predicted molar refractivity (Wildman–Crippen MR) is 121 cm³/mol. The molecule has 1 unspecified atom stereocenters. The first-order chi connectivity index (χ1) is 15.1. The Kier molecular flexibility index (Phi) is 6.57. The van der Waals surface area contributed by atoms with Crippen molar-refractivity contribution in [3.8, 4) is 5.75 Å². The van der Waals surface area contributed by atoms with Gasteiger partial charge >= 0.3 is 0 Å². The molecule has 2 aromatic carbocycles. The molecule has 1 aliphatic heterocycles. The molecule has 3 rings (SSSR count). The number of hydrogen-bond donors (Lipinski definition) is 2. The first-order valence-electron chi connectivity index (χ1n) is 10.3. The number of aromatic hydroxyl groups is 1. The van der Waals surface area contributed by atoms with Crippen LogP contribution in [0.5, 0.6) is 5.75 Å². The van der Waals surface area contributed by atoms with Crippen LogP contribution in [-0.2, 0) is 9.59 Å². The van der Waals surface area contributed by atoms with Crippen LogP contribution in [0.15, 0.2) is 41.5 Å². The van der Waals surface area contributed by atoms with Gasteiger partial charge in [-0.15, -0.1) is 0 Å². The number of benzene rings is 2. The summed E-state index contributed by atoms with van der Waals surface area (Å²) in [4.78, 5) is 35.2. The minimum Gasteiger partial charge on any atom is -0.508 e. The van der Waals surface area contributed by atoms with Crippen molar-refractivity contribution >= 4 is 28.9 Å². The zero-order valence-corrected chi connectivity index (χ0v) is 18.5. The molecule has 0 saturated carbocycles. The summed E-state index contributed by atoms with van der Waals surface area (Å²) in [6.07, 6.45) is 0.362. The van der Waals surface area contributed by atoms with E-state index in [1.54, 1.807) is 31.2 Å². The van der Waals surface area contributed by atoms with Crippen LogP contribution in [0, 0.1) is 17.0 Å². The highest BCUT2D eigenvalue weighted by Gasteiger charge is 2.32. The van der Waals surface area contributed by atoms with E-state index in [-0.39, 0.29) is 35.6 Å². The van der Waals surface area contributed by atoms with Crippen LogP contribution in [0.2, 0.25) is 0 Å². The average molecular weight is 438 g/mol. The molecule has 2 amide bonds. The summed E-state index contributed by atoms with van der Waals surface area (Å²) in [5, 5.41) is 29.5. The molecule has 9 nitrogen and oxygen atoms in total. The first-order valence-corrected chi connectivity index (χ1v) is 10.3. The highest BCUT2D eigenvalue weighted by atomic mass is 16.6. The van der Waals surface area contributed by atoms with Crippen LogP contribution in [0.25, 0.3) is 0 Å². The lowest BCUT2D eigenvalue weighted by Gasteiger charge is -2.20. The summed E-state index contributed by atoms with van der Waals surface area (Å²) in [6.45, 7) is 7.10. The Bertz CT molecular complexity index is 1090. The van der Waals surface area contributed by atoms with Gasteiger partial charge in [0, 0.05) is 31.2 Å². The van der Waals surface area contributed by atoms with E-state index in [0.717, 1.165) is 11.1 Å². The van der Waals surface area contributed by atoms with Crippen molar-refractivity contribution in [2.45, 2.75) is 52.5 Å². The van der Waals surface area contributed by atoms with Gasteiger partial charge in [0.1, 0.15) is 5.75 Å². The lowest BCUT2D eigenvalue weighted by atomic mass is 9.98. The van der Waals surface area contributed by atoms with E-state index in [9.17, 15) is 24.8 Å². The van der Waals surface area contributed by atoms with Crippen LogP contribution in [-0.4, -0.2) is 32.6 Å². The van der Waals surface area contributed by atoms with E-state index < -0.39 is 11.0 Å². The number of anilines is 1. The fourth-order valence-electron chi connectivity index (χ4n) is 3.73. The van der Waals surface area contributed by atoms with Gasteiger partial charge in [0.05, 0.1) is 23.1 Å². The molecule has 0 aliphatic carbocycles. The van der Waals surface area contributed by atoms with Crippen molar-refractivity contribution < 1.29 is 19.6 Å². The van der Waals surface area contributed by atoms with Crippen molar-refractivity contribution in [2.75, 3.05) is 5.32 Å². The molecule has 1 atom stereocenters. The van der Waals surface area contributed by atoms with Gasteiger partial charge < -0.3 is 10.4 Å². The Balaban J connectivity index is 1.74. The van der Waals surface area contributed by atoms with Gasteiger partial charge in [-0.25, -0.2) is 5.01 Å². The molecular weight excluding hydrogens is 412 g/mol. The van der Waals surface area contributed by atoms with Gasteiger partial charge in [-0.2, -0.15) is 5.10 Å². The minimum absolute atomic E-state index is 0.00455. The molecule has 2 aromatic rings. The summed E-state index contributed by atoms with van der Waals surface area (Å²) in [7, 11) is 0. The van der Waals surface area contributed by atoms with Crippen LogP contribution in [0.3, 0.4) is 0 Å². The Morgan fingerprint density at radius 3 is 2.50 bits per heavy atom. The van der Waals surface area contributed by atoms with Crippen molar-refractivity contribution in [3.05, 3.63) is 63.2 Å². The third-order valence-electron chi connectivity index (χ3n) is 5.42. The molecule has 2 N–H and O–H groups in total. The second-order valence-corrected chi connectivity index (χ2v) is 8.20. The predicted octanol–water partition coefficient (Wildman–Crippen LogP) is 4.41. The highest BCUT2D eigenvalue weighted by Crippen LogP contribution is 2.34. The Labute approximate surface area is 185 Å². The fraction of sp³-hybridized carbons (Fsp3) is 0.348. The van der Waals surface area contributed by atoms with Gasteiger partial charge in [-0.1, -0.05) is 26.0 Å². The van der Waals surface area contributed by atoms with Crippen molar-refractivity contribution in [2.24, 2.45) is 5.10 Å². The molecule has 1 aliphatic rings. The number of non-ortho nitro benzene ring substituents is 1. The average Bonchev–Trinajstić information content (AvgIpc) is 3.13. The molecule has 32 heavy (non-hydrogen) atoms. The fourth-order valence-corrected chi connectivity index (χ4v) is 3.73. The van der Waals surface area contributed by atoms with Crippen LogP contribution < -0.4 is 5.32 Å². The maximum absolute atomic E-state index is 12.7. The van der Waals surface area contributed by atoms with Crippen molar-refractivity contribution in [1.82, 2.24) is 5.01 Å². The number of hydrogen-bond acceptors (Lipinski definition) is 6. The summed E-state index contributed by atoms with van der Waals surface area (Å²) >= 11 is 0. The second kappa shape index (κ2) is 9.17. The van der Waals surface area contributed by atoms with Crippen molar-refractivity contribution in [1.29, 1.82) is 0 Å². The molecule has 0 spiro atoms. The largest absolute Gasteiger partial charge is 0.508 e. The van der Waals surface area contributed by atoms with E-state index in [0.29, 0.717) is 23.4 Å². The number of rotatable bonds is 6. The topological polar surface area (TPSA) is 125 Å². The normalized spacial score (nSPS) is 15.6. The maximum atomic E-state index is 12.7. The van der Waals surface area contributed by atoms with E-state index in [1.165, 1.54) is 24.1 Å².